The van der Waals surface area contributed by atoms with Gasteiger partial charge in [0, 0.05) is 11.6 Å². The molecule has 0 aliphatic rings. The second-order valence-electron chi connectivity index (χ2n) is 4.27. The average molecular weight is 264 g/mol. The van der Waals surface area contributed by atoms with E-state index in [1.165, 1.54) is 6.07 Å². The minimum atomic E-state index is -0.160. The van der Waals surface area contributed by atoms with Gasteiger partial charge in [-0.1, -0.05) is 19.1 Å². The normalized spacial score (nSPS) is 12.6. The Morgan fingerprint density at radius 2 is 2.28 bits per heavy atom. The lowest BCUT2D eigenvalue weighted by molar-refractivity contribution is 0.588. The molecule has 1 aromatic carbocycles. The molecule has 1 atom stereocenters. The van der Waals surface area contributed by atoms with E-state index in [-0.39, 0.29) is 11.9 Å². The van der Waals surface area contributed by atoms with E-state index < -0.39 is 0 Å². The summed E-state index contributed by atoms with van der Waals surface area (Å²) in [5.74, 6) is -0.160. The van der Waals surface area contributed by atoms with E-state index in [4.69, 9.17) is 0 Å². The van der Waals surface area contributed by atoms with E-state index in [1.807, 2.05) is 17.5 Å². The van der Waals surface area contributed by atoms with Crippen LogP contribution in [0.4, 0.5) is 4.39 Å². The van der Waals surface area contributed by atoms with Crippen LogP contribution in [-0.2, 0) is 0 Å². The second kappa shape index (κ2) is 6.07. The molecule has 0 fully saturated rings. The fourth-order valence-electron chi connectivity index (χ4n) is 1.86. The first-order chi connectivity index (χ1) is 8.72. The molecule has 2 aromatic rings. The highest BCUT2D eigenvalue weighted by Crippen LogP contribution is 2.25. The predicted molar refractivity (Wildman–Crippen MR) is 73.4 cm³/mol. The van der Waals surface area contributed by atoms with Crippen LogP contribution in [-0.4, -0.2) is 11.5 Å². The third-order valence-electron chi connectivity index (χ3n) is 2.81. The van der Waals surface area contributed by atoms with Gasteiger partial charge in [-0.3, -0.25) is 0 Å². The fourth-order valence-corrected chi connectivity index (χ4v) is 2.60. The van der Waals surface area contributed by atoms with Gasteiger partial charge in [0.25, 0.3) is 0 Å². The smallest absolute Gasteiger partial charge is 0.126 e. The van der Waals surface area contributed by atoms with Crippen molar-refractivity contribution in [3.8, 4) is 0 Å². The van der Waals surface area contributed by atoms with Crippen molar-refractivity contribution in [2.45, 2.75) is 26.3 Å². The van der Waals surface area contributed by atoms with E-state index in [1.54, 1.807) is 24.5 Å². The van der Waals surface area contributed by atoms with Crippen LogP contribution >= 0.6 is 11.3 Å². The zero-order chi connectivity index (χ0) is 13.0. The minimum Gasteiger partial charge on any atom is -0.304 e. The maximum atomic E-state index is 13.3. The van der Waals surface area contributed by atoms with Crippen molar-refractivity contribution < 1.29 is 4.39 Å². The summed E-state index contributed by atoms with van der Waals surface area (Å²) in [7, 11) is 0. The van der Waals surface area contributed by atoms with Gasteiger partial charge in [-0.2, -0.15) is 0 Å². The lowest BCUT2D eigenvalue weighted by Crippen LogP contribution is -2.23. The van der Waals surface area contributed by atoms with Crippen LogP contribution in [0.2, 0.25) is 0 Å². The third kappa shape index (κ3) is 2.94. The molecule has 0 spiro atoms. The molecule has 96 valence electrons. The zero-order valence-corrected chi connectivity index (χ0v) is 11.4. The van der Waals surface area contributed by atoms with E-state index in [0.717, 1.165) is 23.5 Å². The molecule has 0 aliphatic carbocycles. The van der Waals surface area contributed by atoms with Gasteiger partial charge in [0.15, 0.2) is 0 Å². The number of hydrogen-bond acceptors (Lipinski definition) is 3. The minimum absolute atomic E-state index is 0.0595. The molecule has 0 radical (unpaired) electrons. The number of halogens is 1. The van der Waals surface area contributed by atoms with Crippen LogP contribution in [0.3, 0.4) is 0 Å². The molecule has 0 saturated heterocycles. The number of hydrogen-bond donors (Lipinski definition) is 1. The average Bonchev–Trinajstić information content (AvgIpc) is 2.88. The van der Waals surface area contributed by atoms with Crippen molar-refractivity contribution in [1.82, 2.24) is 10.3 Å². The van der Waals surface area contributed by atoms with Crippen molar-refractivity contribution in [2.75, 3.05) is 6.54 Å². The Morgan fingerprint density at radius 3 is 2.89 bits per heavy atom. The summed E-state index contributed by atoms with van der Waals surface area (Å²) < 4.78 is 13.3. The Bertz CT molecular complexity index is 497. The lowest BCUT2D eigenvalue weighted by Gasteiger charge is -2.17. The maximum absolute atomic E-state index is 13.3. The first-order valence-corrected chi connectivity index (χ1v) is 6.99. The standard InChI is InChI=1S/C14H17FN2S/c1-3-6-16-13(14-17-7-8-18-14)11-4-5-12(15)10(2)9-11/h4-5,7-9,13,16H,3,6H2,1-2H3. The molecule has 4 heteroatoms. The summed E-state index contributed by atoms with van der Waals surface area (Å²) >= 11 is 1.62. The van der Waals surface area contributed by atoms with Crippen molar-refractivity contribution in [2.24, 2.45) is 0 Å². The van der Waals surface area contributed by atoms with Gasteiger partial charge in [-0.25, -0.2) is 9.37 Å². The summed E-state index contributed by atoms with van der Waals surface area (Å²) in [5.41, 5.74) is 1.74. The monoisotopic (exact) mass is 264 g/mol. The number of rotatable bonds is 5. The van der Waals surface area contributed by atoms with Crippen molar-refractivity contribution in [3.63, 3.8) is 0 Å². The molecule has 1 heterocycles. The summed E-state index contributed by atoms with van der Waals surface area (Å²) in [6, 6.07) is 5.31. The molecule has 1 unspecified atom stereocenters. The van der Waals surface area contributed by atoms with Gasteiger partial charge in [0.2, 0.25) is 0 Å². The summed E-state index contributed by atoms with van der Waals surface area (Å²) in [4.78, 5) is 4.36. The summed E-state index contributed by atoms with van der Waals surface area (Å²) in [6.45, 7) is 4.83. The topological polar surface area (TPSA) is 24.9 Å². The first kappa shape index (κ1) is 13.2. The Balaban J connectivity index is 2.30. The van der Waals surface area contributed by atoms with Gasteiger partial charge in [0.1, 0.15) is 10.8 Å². The van der Waals surface area contributed by atoms with E-state index in [9.17, 15) is 4.39 Å². The Kier molecular flexibility index (Phi) is 4.44. The molecule has 0 bridgehead atoms. The van der Waals surface area contributed by atoms with Gasteiger partial charge in [0.05, 0.1) is 6.04 Å². The fraction of sp³-hybridized carbons (Fsp3) is 0.357. The van der Waals surface area contributed by atoms with Crippen LogP contribution in [0, 0.1) is 12.7 Å². The van der Waals surface area contributed by atoms with Crippen molar-refractivity contribution in [3.05, 3.63) is 51.7 Å². The molecule has 2 rings (SSSR count). The molecule has 1 aromatic heterocycles. The SMILES string of the molecule is CCCNC(c1ccc(F)c(C)c1)c1nccs1. The Morgan fingerprint density at radius 1 is 1.44 bits per heavy atom. The Labute approximate surface area is 111 Å². The molecular weight excluding hydrogens is 247 g/mol. The van der Waals surface area contributed by atoms with Crippen LogP contribution in [0.15, 0.2) is 29.8 Å². The van der Waals surface area contributed by atoms with Crippen molar-refractivity contribution in [1.29, 1.82) is 0 Å². The van der Waals surface area contributed by atoms with E-state index >= 15 is 0 Å². The van der Waals surface area contributed by atoms with E-state index in [0.29, 0.717) is 5.56 Å². The summed E-state index contributed by atoms with van der Waals surface area (Å²) in [6.07, 6.45) is 2.86. The van der Waals surface area contributed by atoms with Gasteiger partial charge in [-0.05, 0) is 37.1 Å². The number of benzene rings is 1. The highest BCUT2D eigenvalue weighted by molar-refractivity contribution is 7.09. The number of nitrogens with one attached hydrogen (secondary N) is 1. The molecule has 0 saturated carbocycles. The van der Waals surface area contributed by atoms with Crippen LogP contribution in [0.5, 0.6) is 0 Å². The largest absolute Gasteiger partial charge is 0.304 e. The molecular formula is C14H17FN2S. The molecule has 1 N–H and O–H groups in total. The molecule has 0 amide bonds. The molecule has 2 nitrogen and oxygen atoms in total. The number of nitrogens with zero attached hydrogens (tertiary/aromatic N) is 1. The van der Waals surface area contributed by atoms with Crippen LogP contribution < -0.4 is 5.32 Å². The quantitative estimate of drug-likeness (QED) is 0.891. The van der Waals surface area contributed by atoms with Crippen LogP contribution in [0.1, 0.15) is 35.5 Å². The van der Waals surface area contributed by atoms with Crippen LogP contribution in [0.25, 0.3) is 0 Å². The highest BCUT2D eigenvalue weighted by atomic mass is 32.1. The number of aromatic nitrogens is 1. The number of aryl methyl sites for hydroxylation is 1. The predicted octanol–water partition coefficient (Wildman–Crippen LogP) is 3.68. The molecule has 18 heavy (non-hydrogen) atoms. The maximum Gasteiger partial charge on any atom is 0.126 e. The highest BCUT2D eigenvalue weighted by Gasteiger charge is 2.16. The first-order valence-electron chi connectivity index (χ1n) is 6.11. The second-order valence-corrected chi connectivity index (χ2v) is 5.19. The third-order valence-corrected chi connectivity index (χ3v) is 3.65. The molecule has 0 aliphatic heterocycles. The number of thiazole rings is 1. The van der Waals surface area contributed by atoms with Gasteiger partial charge >= 0.3 is 0 Å². The zero-order valence-electron chi connectivity index (χ0n) is 10.6. The van der Waals surface area contributed by atoms with Crippen molar-refractivity contribution >= 4 is 11.3 Å². The van der Waals surface area contributed by atoms with Gasteiger partial charge < -0.3 is 5.32 Å². The van der Waals surface area contributed by atoms with Gasteiger partial charge in [-0.15, -0.1) is 11.3 Å². The Hall–Kier alpha value is -1.26. The lowest BCUT2D eigenvalue weighted by atomic mass is 10.0. The van der Waals surface area contributed by atoms with E-state index in [2.05, 4.69) is 17.2 Å². The summed E-state index contributed by atoms with van der Waals surface area (Å²) in [5, 5.41) is 6.45.